The molecule has 0 radical (unpaired) electrons. The van der Waals surface area contributed by atoms with Crippen molar-refractivity contribution in [2.24, 2.45) is 5.73 Å². The molecule has 0 aliphatic carbocycles. The van der Waals surface area contributed by atoms with Crippen LogP contribution in [0.5, 0.6) is 0 Å². The summed E-state index contributed by atoms with van der Waals surface area (Å²) in [5.41, 5.74) is 11.5. The summed E-state index contributed by atoms with van der Waals surface area (Å²) in [7, 11) is 1.28. The second kappa shape index (κ2) is 12.5. The summed E-state index contributed by atoms with van der Waals surface area (Å²) in [4.78, 5) is 52.3. The summed E-state index contributed by atoms with van der Waals surface area (Å²) in [6.07, 6.45) is 7.85. The minimum atomic E-state index is -0.866. The van der Waals surface area contributed by atoms with Gasteiger partial charge in [0.1, 0.15) is 23.4 Å². The molecule has 3 aromatic heterocycles. The van der Waals surface area contributed by atoms with Crippen molar-refractivity contribution in [2.75, 3.05) is 13.7 Å². The number of nitrogens with zero attached hydrogens (tertiary/aromatic N) is 5. The first-order valence-electron chi connectivity index (χ1n) is 14.4. The van der Waals surface area contributed by atoms with E-state index in [9.17, 15) is 9.59 Å². The van der Waals surface area contributed by atoms with Crippen molar-refractivity contribution < 1.29 is 14.3 Å². The molecule has 12 heteroatoms. The zero-order valence-corrected chi connectivity index (χ0v) is 24.4. The van der Waals surface area contributed by atoms with Gasteiger partial charge in [0.15, 0.2) is 0 Å². The predicted molar refractivity (Wildman–Crippen MR) is 164 cm³/mol. The van der Waals surface area contributed by atoms with Crippen molar-refractivity contribution in [3.63, 3.8) is 0 Å². The number of carbonyl (C=O) groups excluding carboxylic acids is 2. The summed E-state index contributed by atoms with van der Waals surface area (Å²) < 4.78 is 4.79. The zero-order chi connectivity index (χ0) is 30.6. The van der Waals surface area contributed by atoms with Crippen molar-refractivity contribution >= 4 is 12.0 Å². The van der Waals surface area contributed by atoms with Gasteiger partial charge in [0.25, 0.3) is 5.91 Å². The van der Waals surface area contributed by atoms with Crippen LogP contribution >= 0.6 is 0 Å². The Labute approximate surface area is 254 Å². The molecule has 44 heavy (non-hydrogen) atoms. The van der Waals surface area contributed by atoms with Gasteiger partial charge >= 0.3 is 6.09 Å². The summed E-state index contributed by atoms with van der Waals surface area (Å²) in [5, 5.41) is 2.70. The molecule has 12 nitrogen and oxygen atoms in total. The van der Waals surface area contributed by atoms with E-state index < -0.39 is 12.1 Å². The maximum absolute atomic E-state index is 13.8. The van der Waals surface area contributed by atoms with Crippen LogP contribution in [-0.4, -0.2) is 60.5 Å². The van der Waals surface area contributed by atoms with Gasteiger partial charge in [-0.25, -0.2) is 14.8 Å². The van der Waals surface area contributed by atoms with E-state index in [1.807, 2.05) is 61.5 Å². The van der Waals surface area contributed by atoms with Crippen LogP contribution < -0.4 is 11.1 Å². The first-order valence-corrected chi connectivity index (χ1v) is 14.4. The molecule has 0 bridgehead atoms. The first kappa shape index (κ1) is 28.7. The summed E-state index contributed by atoms with van der Waals surface area (Å²) in [5.74, 6) is 1.19. The van der Waals surface area contributed by atoms with E-state index in [2.05, 4.69) is 35.2 Å². The van der Waals surface area contributed by atoms with Gasteiger partial charge in [-0.1, -0.05) is 54.6 Å². The highest BCUT2D eigenvalue weighted by atomic mass is 16.5. The van der Waals surface area contributed by atoms with Crippen LogP contribution in [0.3, 0.4) is 0 Å². The highest BCUT2D eigenvalue weighted by Crippen LogP contribution is 2.34. The lowest BCUT2D eigenvalue weighted by Gasteiger charge is -2.28. The highest BCUT2D eigenvalue weighted by Gasteiger charge is 2.37. The molecule has 1 saturated heterocycles. The standard InChI is InChI=1S/C32H33N9O3/c1-19(33)29-36-18-26(39-29)25-17-34-23(15-35-25)20-10-12-21(13-11-20)24-16-37-30(38-24)27-9-6-14-41(27)31(42)28(40-32(43)44-2)22-7-4-3-5-8-22/h3-5,7-8,10-13,15-19,27-28H,6,9,14,33H2,1-2H3,(H,36,39)(H,37,38)(H,40,43)/t19-,27-,28+/m0/s1. The minimum absolute atomic E-state index is 0.192. The van der Waals surface area contributed by atoms with Crippen molar-refractivity contribution in [1.82, 2.24) is 40.1 Å². The predicted octanol–water partition coefficient (Wildman–Crippen LogP) is 4.70. The maximum Gasteiger partial charge on any atom is 0.407 e. The molecule has 5 N–H and O–H groups in total. The molecule has 2 aromatic carbocycles. The quantitative estimate of drug-likeness (QED) is 0.201. The Morgan fingerprint density at radius 2 is 1.61 bits per heavy atom. The van der Waals surface area contributed by atoms with E-state index in [1.54, 1.807) is 29.7 Å². The average Bonchev–Trinajstić information content (AvgIpc) is 3.85. The Morgan fingerprint density at radius 3 is 2.30 bits per heavy atom. The third-order valence-electron chi connectivity index (χ3n) is 7.72. The number of carbonyl (C=O) groups is 2. The molecular formula is C32H33N9O3. The van der Waals surface area contributed by atoms with E-state index in [-0.39, 0.29) is 18.0 Å². The summed E-state index contributed by atoms with van der Waals surface area (Å²) >= 11 is 0. The summed E-state index contributed by atoms with van der Waals surface area (Å²) in [6, 6.07) is 15.8. The van der Waals surface area contributed by atoms with Gasteiger partial charge in [0, 0.05) is 12.1 Å². The second-order valence-electron chi connectivity index (χ2n) is 10.7. The van der Waals surface area contributed by atoms with Gasteiger partial charge in [-0.15, -0.1) is 0 Å². The van der Waals surface area contributed by atoms with Gasteiger partial charge < -0.3 is 30.7 Å². The Balaban J connectivity index is 1.17. The van der Waals surface area contributed by atoms with Gasteiger partial charge in [0.2, 0.25) is 0 Å². The third-order valence-corrected chi connectivity index (χ3v) is 7.72. The van der Waals surface area contributed by atoms with Crippen LogP contribution in [0.1, 0.15) is 55.1 Å². The van der Waals surface area contributed by atoms with E-state index in [4.69, 9.17) is 10.5 Å². The molecule has 224 valence electrons. The number of methoxy groups -OCH3 is 1. The number of likely N-dealkylation sites (tertiary alicyclic amines) is 1. The molecule has 6 rings (SSSR count). The lowest BCUT2D eigenvalue weighted by Crippen LogP contribution is -2.42. The lowest BCUT2D eigenvalue weighted by molar-refractivity contribution is -0.134. The normalized spacial score (nSPS) is 16.0. The molecule has 1 aliphatic rings. The third kappa shape index (κ3) is 5.92. The molecule has 1 fully saturated rings. The molecule has 2 amide bonds. The number of nitrogens with two attached hydrogens (primary N) is 1. The average molecular weight is 592 g/mol. The first-order chi connectivity index (χ1) is 21.4. The maximum atomic E-state index is 13.8. The SMILES string of the molecule is COC(=O)N[C@@H](C(=O)N1CCC[C@H]1c1ncc(-c2ccc(-c3cnc(-c4cnc([C@H](C)N)[nH]4)cn3)cc2)[nH]1)c1ccccc1. The Morgan fingerprint density at radius 1 is 0.909 bits per heavy atom. The van der Waals surface area contributed by atoms with Crippen molar-refractivity contribution in [3.8, 4) is 33.9 Å². The van der Waals surface area contributed by atoms with Crippen LogP contribution in [0, 0.1) is 0 Å². The topological polar surface area (TPSA) is 168 Å². The number of aromatic amines is 2. The smallest absolute Gasteiger partial charge is 0.407 e. The van der Waals surface area contributed by atoms with Crippen molar-refractivity contribution in [2.45, 2.75) is 37.9 Å². The van der Waals surface area contributed by atoms with Gasteiger partial charge in [-0.2, -0.15) is 0 Å². The number of aromatic nitrogens is 6. The fraction of sp³-hybridized carbons (Fsp3) is 0.250. The number of rotatable bonds is 8. The largest absolute Gasteiger partial charge is 0.453 e. The van der Waals surface area contributed by atoms with Crippen LogP contribution in [0.4, 0.5) is 4.79 Å². The second-order valence-corrected chi connectivity index (χ2v) is 10.7. The number of H-pyrrole nitrogens is 2. The van der Waals surface area contributed by atoms with E-state index in [1.165, 1.54) is 7.11 Å². The van der Waals surface area contributed by atoms with Gasteiger partial charge in [0.05, 0.1) is 61.1 Å². The molecule has 0 spiro atoms. The lowest BCUT2D eigenvalue weighted by atomic mass is 10.1. The van der Waals surface area contributed by atoms with Gasteiger partial charge in [-0.05, 0) is 30.9 Å². The minimum Gasteiger partial charge on any atom is -0.453 e. The van der Waals surface area contributed by atoms with E-state index in [0.29, 0.717) is 29.5 Å². The Bertz CT molecular complexity index is 1730. The molecule has 0 unspecified atom stereocenters. The number of amides is 2. The van der Waals surface area contributed by atoms with Crippen LogP contribution in [0.15, 0.2) is 79.4 Å². The fourth-order valence-electron chi connectivity index (χ4n) is 5.38. The number of alkyl carbamates (subject to hydrolysis) is 1. The van der Waals surface area contributed by atoms with E-state index in [0.717, 1.165) is 41.1 Å². The number of benzene rings is 2. The number of imidazole rings is 2. The van der Waals surface area contributed by atoms with Gasteiger partial charge in [-0.3, -0.25) is 14.8 Å². The number of hydrogen-bond donors (Lipinski definition) is 4. The van der Waals surface area contributed by atoms with Crippen molar-refractivity contribution in [3.05, 3.63) is 96.6 Å². The molecule has 1 aliphatic heterocycles. The monoisotopic (exact) mass is 591 g/mol. The Kier molecular flexibility index (Phi) is 8.15. The molecule has 4 heterocycles. The van der Waals surface area contributed by atoms with Crippen LogP contribution in [-0.2, 0) is 9.53 Å². The number of nitrogens with one attached hydrogen (secondary N) is 3. The summed E-state index contributed by atoms with van der Waals surface area (Å²) in [6.45, 7) is 2.43. The van der Waals surface area contributed by atoms with Crippen molar-refractivity contribution in [1.29, 1.82) is 0 Å². The number of hydrogen-bond acceptors (Lipinski definition) is 8. The van der Waals surface area contributed by atoms with E-state index >= 15 is 0 Å². The highest BCUT2D eigenvalue weighted by molar-refractivity contribution is 5.87. The molecule has 3 atom stereocenters. The fourth-order valence-corrected chi connectivity index (χ4v) is 5.38. The van der Waals surface area contributed by atoms with Crippen LogP contribution in [0.25, 0.3) is 33.9 Å². The zero-order valence-electron chi connectivity index (χ0n) is 24.4. The molecule has 5 aromatic rings. The molecular weight excluding hydrogens is 558 g/mol. The molecule has 0 saturated carbocycles. The number of ether oxygens (including phenoxy) is 1. The Hall–Kier alpha value is -5.36. The van der Waals surface area contributed by atoms with Crippen LogP contribution in [0.2, 0.25) is 0 Å².